The Bertz CT molecular complexity index is 1070. The molecule has 2 rings (SSSR count). The van der Waals surface area contributed by atoms with Crippen LogP contribution in [-0.2, 0) is 28.0 Å². The first-order valence-corrected chi connectivity index (χ1v) is 17.5. The van der Waals surface area contributed by atoms with Crippen molar-refractivity contribution in [1.82, 2.24) is 6.15 Å². The van der Waals surface area contributed by atoms with Crippen LogP contribution < -0.4 is 6.15 Å². The van der Waals surface area contributed by atoms with E-state index in [1.165, 1.54) is 112 Å². The lowest BCUT2D eigenvalue weighted by Crippen LogP contribution is -2.01. The summed E-state index contributed by atoms with van der Waals surface area (Å²) in [5.41, 5.74) is 5.27. The maximum atomic E-state index is 8.74. The molecule has 0 atom stereocenters. The lowest BCUT2D eigenvalue weighted by molar-refractivity contribution is 0.381. The Hall–Kier alpha value is -2.45. The maximum Gasteiger partial charge on any atom is 0.394 e. The van der Waals surface area contributed by atoms with Crippen molar-refractivity contribution in [2.75, 3.05) is 0 Å². The van der Waals surface area contributed by atoms with Gasteiger partial charge in [0.05, 0.1) is 0 Å². The molecule has 244 valence electrons. The Morgan fingerprint density at radius 1 is 0.605 bits per heavy atom. The summed E-state index contributed by atoms with van der Waals surface area (Å²) in [4.78, 5) is 0. The molecule has 0 aliphatic heterocycles. The second-order valence-corrected chi connectivity index (χ2v) is 11.8. The highest BCUT2D eigenvalue weighted by atomic mass is 32.3. The largest absolute Gasteiger partial charge is 0.457 e. The SMILES string of the molecule is CC=C(OC(=CC)c1ccccc1CCCCCCCCC)c1ccccc1CCCCCCCCC.N.O=S(=O)(O)O. The van der Waals surface area contributed by atoms with Gasteiger partial charge >= 0.3 is 10.4 Å². The van der Waals surface area contributed by atoms with Crippen molar-refractivity contribution in [2.24, 2.45) is 0 Å². The molecule has 0 amide bonds. The fourth-order valence-corrected chi connectivity index (χ4v) is 5.16. The standard InChI is InChI=1S/C36H54O.H3N.H2O4S/c1-5-9-11-13-15-17-19-25-31-27-21-23-29-33(31)35(7-3)37-36(8-4)34-30-24-22-28-32(34)26-20-18-16-14-12-10-6-2;;1-5(2,3)4/h7-8,21-24,27-30H,5-6,9-20,25-26H2,1-4H3;1H3;(H2,1,2,3,4). The third kappa shape index (κ3) is 19.4. The zero-order chi connectivity index (χ0) is 31.1. The van der Waals surface area contributed by atoms with Crippen LogP contribution in [0.3, 0.4) is 0 Å². The summed E-state index contributed by atoms with van der Waals surface area (Å²) in [5.74, 6) is 1.94. The highest BCUT2D eigenvalue weighted by Crippen LogP contribution is 2.30. The van der Waals surface area contributed by atoms with Crippen LogP contribution in [0.5, 0.6) is 0 Å². The molecule has 2 aromatic carbocycles. The number of aryl methyl sites for hydroxylation is 2. The molecule has 0 aliphatic carbocycles. The van der Waals surface area contributed by atoms with Crippen LogP contribution in [0.2, 0.25) is 0 Å². The van der Waals surface area contributed by atoms with Crippen molar-refractivity contribution in [1.29, 1.82) is 0 Å². The number of allylic oxidation sites excluding steroid dienone is 2. The summed E-state index contributed by atoms with van der Waals surface area (Å²) in [7, 11) is -4.67. The Balaban J connectivity index is 0.00000270. The first-order valence-electron chi connectivity index (χ1n) is 16.1. The Morgan fingerprint density at radius 3 is 1.23 bits per heavy atom. The normalized spacial score (nSPS) is 11.9. The van der Waals surface area contributed by atoms with Crippen LogP contribution in [0.4, 0.5) is 0 Å². The zero-order valence-electron chi connectivity index (χ0n) is 27.3. The van der Waals surface area contributed by atoms with E-state index in [9.17, 15) is 0 Å². The first kappa shape index (κ1) is 40.5. The van der Waals surface area contributed by atoms with Crippen molar-refractivity contribution in [3.05, 3.63) is 82.9 Å². The van der Waals surface area contributed by atoms with E-state index in [0.29, 0.717) is 0 Å². The molecule has 0 fully saturated rings. The molecule has 43 heavy (non-hydrogen) atoms. The second kappa shape index (κ2) is 24.9. The van der Waals surface area contributed by atoms with E-state index >= 15 is 0 Å². The van der Waals surface area contributed by atoms with E-state index < -0.39 is 10.4 Å². The number of benzene rings is 2. The molecule has 0 bridgehead atoms. The molecule has 0 unspecified atom stereocenters. The fourth-order valence-electron chi connectivity index (χ4n) is 5.16. The maximum absolute atomic E-state index is 8.74. The molecule has 0 aromatic heterocycles. The van der Waals surface area contributed by atoms with Gasteiger partial charge in [0, 0.05) is 11.1 Å². The summed E-state index contributed by atoms with van der Waals surface area (Å²) in [6.07, 6.45) is 25.2. The third-order valence-electron chi connectivity index (χ3n) is 7.41. The van der Waals surface area contributed by atoms with Crippen molar-refractivity contribution < 1.29 is 22.3 Å². The van der Waals surface area contributed by atoms with Gasteiger partial charge in [-0.05, 0) is 62.8 Å². The molecule has 0 saturated heterocycles. The molecular formula is C36H59NO5S. The van der Waals surface area contributed by atoms with Gasteiger partial charge in [-0.15, -0.1) is 0 Å². The van der Waals surface area contributed by atoms with Gasteiger partial charge in [-0.3, -0.25) is 9.11 Å². The van der Waals surface area contributed by atoms with Gasteiger partial charge < -0.3 is 10.9 Å². The molecule has 0 aliphatic rings. The molecule has 0 spiro atoms. The summed E-state index contributed by atoms with van der Waals surface area (Å²) in [6.45, 7) is 8.76. The van der Waals surface area contributed by atoms with Crippen molar-refractivity contribution in [3.63, 3.8) is 0 Å². The van der Waals surface area contributed by atoms with Gasteiger partial charge in [0.25, 0.3) is 0 Å². The van der Waals surface area contributed by atoms with Crippen LogP contribution in [0, 0.1) is 0 Å². The number of hydrogen-bond acceptors (Lipinski definition) is 4. The van der Waals surface area contributed by atoms with Crippen LogP contribution in [0.15, 0.2) is 60.7 Å². The molecule has 0 heterocycles. The van der Waals surface area contributed by atoms with Gasteiger partial charge in [0.1, 0.15) is 11.5 Å². The molecule has 6 nitrogen and oxygen atoms in total. The zero-order valence-corrected chi connectivity index (χ0v) is 28.1. The van der Waals surface area contributed by atoms with Crippen LogP contribution in [-0.4, -0.2) is 17.5 Å². The number of hydrogen-bond donors (Lipinski definition) is 3. The predicted octanol–water partition coefficient (Wildman–Crippen LogP) is 11.2. The van der Waals surface area contributed by atoms with Crippen LogP contribution in [0.1, 0.15) is 140 Å². The minimum absolute atomic E-state index is 0. The van der Waals surface area contributed by atoms with Gasteiger partial charge in [-0.2, -0.15) is 8.42 Å². The van der Waals surface area contributed by atoms with Gasteiger partial charge in [-0.1, -0.05) is 139 Å². The molecule has 7 heteroatoms. The molecule has 2 aromatic rings. The minimum atomic E-state index is -4.67. The molecule has 0 radical (unpaired) electrons. The van der Waals surface area contributed by atoms with Crippen molar-refractivity contribution in [2.45, 2.75) is 130 Å². The van der Waals surface area contributed by atoms with E-state index in [1.54, 1.807) is 0 Å². The van der Waals surface area contributed by atoms with Gasteiger partial charge in [0.15, 0.2) is 0 Å². The predicted molar refractivity (Wildman–Crippen MR) is 184 cm³/mol. The average molecular weight is 618 g/mol. The number of unbranched alkanes of at least 4 members (excludes halogenated alkanes) is 12. The Labute approximate surface area is 263 Å². The van der Waals surface area contributed by atoms with E-state index in [-0.39, 0.29) is 6.15 Å². The first-order chi connectivity index (χ1) is 20.2. The summed E-state index contributed by atoms with van der Waals surface area (Å²) >= 11 is 0. The number of ether oxygens (including phenoxy) is 1. The lowest BCUT2D eigenvalue weighted by atomic mass is 9.98. The summed E-state index contributed by atoms with van der Waals surface area (Å²) < 4.78 is 38.3. The number of rotatable bonds is 20. The summed E-state index contributed by atoms with van der Waals surface area (Å²) in [6, 6.07) is 17.6. The second-order valence-electron chi connectivity index (χ2n) is 10.9. The van der Waals surface area contributed by atoms with E-state index in [2.05, 4.69) is 88.4 Å². The highest BCUT2D eigenvalue weighted by molar-refractivity contribution is 7.79. The Kier molecular flexibility index (Phi) is 23.5. The van der Waals surface area contributed by atoms with Crippen molar-refractivity contribution >= 4 is 21.9 Å². The van der Waals surface area contributed by atoms with Crippen LogP contribution >= 0.6 is 0 Å². The molecule has 5 N–H and O–H groups in total. The van der Waals surface area contributed by atoms with E-state index in [4.69, 9.17) is 22.3 Å². The highest BCUT2D eigenvalue weighted by Gasteiger charge is 2.14. The van der Waals surface area contributed by atoms with Crippen molar-refractivity contribution in [3.8, 4) is 0 Å². The monoisotopic (exact) mass is 617 g/mol. The molecular weight excluding hydrogens is 558 g/mol. The Morgan fingerprint density at radius 2 is 0.907 bits per heavy atom. The average Bonchev–Trinajstić information content (AvgIpc) is 2.97. The lowest BCUT2D eigenvalue weighted by Gasteiger charge is -2.18. The molecule has 0 saturated carbocycles. The fraction of sp³-hybridized carbons (Fsp3) is 0.556. The third-order valence-corrected chi connectivity index (χ3v) is 7.41. The summed E-state index contributed by atoms with van der Waals surface area (Å²) in [5, 5.41) is 0. The van der Waals surface area contributed by atoms with Gasteiger partial charge in [-0.25, -0.2) is 0 Å². The van der Waals surface area contributed by atoms with E-state index in [0.717, 1.165) is 24.4 Å². The van der Waals surface area contributed by atoms with Crippen LogP contribution in [0.25, 0.3) is 11.5 Å². The quantitative estimate of drug-likeness (QED) is 0.0772. The smallest absolute Gasteiger partial charge is 0.394 e. The minimum Gasteiger partial charge on any atom is -0.457 e. The topological polar surface area (TPSA) is 119 Å². The van der Waals surface area contributed by atoms with E-state index in [1.807, 2.05) is 0 Å². The van der Waals surface area contributed by atoms with Gasteiger partial charge in [0.2, 0.25) is 0 Å².